The number of methoxy groups -OCH3 is 2. The molecule has 0 N–H and O–H groups in total. The van der Waals surface area contributed by atoms with Crippen molar-refractivity contribution in [1.82, 2.24) is 0 Å². The van der Waals surface area contributed by atoms with Crippen molar-refractivity contribution in [2.75, 3.05) is 14.2 Å². The third-order valence-corrected chi connectivity index (χ3v) is 1.88. The molecule has 0 aliphatic rings. The van der Waals surface area contributed by atoms with Gasteiger partial charge in [-0.3, -0.25) is 0 Å². The van der Waals surface area contributed by atoms with E-state index in [2.05, 4.69) is 22.0 Å². The van der Waals surface area contributed by atoms with Gasteiger partial charge in [0.15, 0.2) is 11.5 Å². The Morgan fingerprint density at radius 1 is 1.27 bits per heavy atom. The lowest BCUT2D eigenvalue weighted by atomic mass is 10.3. The molecule has 0 atom stereocenters. The van der Waals surface area contributed by atoms with Gasteiger partial charge in [0.2, 0.25) is 0 Å². The van der Waals surface area contributed by atoms with Gasteiger partial charge in [0.25, 0.3) is 0 Å². The molecule has 11 heavy (non-hydrogen) atoms. The molecule has 0 saturated heterocycles. The molecule has 2 nitrogen and oxygen atoms in total. The van der Waals surface area contributed by atoms with Crippen molar-refractivity contribution >= 4 is 15.9 Å². The minimum absolute atomic E-state index is 0.682. The molecule has 0 aromatic heterocycles. The number of hydrogen-bond donors (Lipinski definition) is 0. The van der Waals surface area contributed by atoms with E-state index in [4.69, 9.17) is 9.47 Å². The standard InChI is InChI=1S/C8H8BrO2/c1-10-7-5-3-4-6(9)8(7)11-2/h4-5H,1-2H3. The first-order chi connectivity index (χ1) is 5.29. The Morgan fingerprint density at radius 2 is 2.00 bits per heavy atom. The Hall–Kier alpha value is -0.700. The Bertz CT molecular complexity index is 248. The molecule has 1 rings (SSSR count). The van der Waals surface area contributed by atoms with Crippen molar-refractivity contribution in [2.24, 2.45) is 0 Å². The van der Waals surface area contributed by atoms with E-state index in [1.165, 1.54) is 0 Å². The zero-order chi connectivity index (χ0) is 8.27. The molecule has 1 aromatic rings. The minimum atomic E-state index is 0.682. The molecule has 0 bridgehead atoms. The van der Waals surface area contributed by atoms with Crippen LogP contribution < -0.4 is 9.47 Å². The molecule has 0 saturated carbocycles. The molecule has 1 aromatic carbocycles. The number of hydrogen-bond acceptors (Lipinski definition) is 2. The molecule has 0 fully saturated rings. The van der Waals surface area contributed by atoms with E-state index in [0.29, 0.717) is 11.5 Å². The molecule has 3 heteroatoms. The molecule has 59 valence electrons. The molecular formula is C8H8BrO2. The van der Waals surface area contributed by atoms with Gasteiger partial charge in [0, 0.05) is 0 Å². The van der Waals surface area contributed by atoms with Crippen molar-refractivity contribution in [3.63, 3.8) is 0 Å². The predicted molar refractivity (Wildman–Crippen MR) is 46.1 cm³/mol. The van der Waals surface area contributed by atoms with Crippen LogP contribution in [0.25, 0.3) is 0 Å². The molecule has 0 amide bonds. The Labute approximate surface area is 74.3 Å². The summed E-state index contributed by atoms with van der Waals surface area (Å²) in [6.07, 6.45) is 0. The van der Waals surface area contributed by atoms with Gasteiger partial charge >= 0.3 is 0 Å². The number of benzene rings is 1. The van der Waals surface area contributed by atoms with Gasteiger partial charge in [-0.1, -0.05) is 0 Å². The second-order valence-corrected chi connectivity index (χ2v) is 2.76. The topological polar surface area (TPSA) is 18.5 Å². The average Bonchev–Trinajstić information content (AvgIpc) is 2.04. The Kier molecular flexibility index (Phi) is 2.76. The third kappa shape index (κ3) is 1.66. The molecule has 0 heterocycles. The van der Waals surface area contributed by atoms with Crippen molar-refractivity contribution in [3.05, 3.63) is 22.7 Å². The average molecular weight is 216 g/mol. The molecule has 0 aliphatic heterocycles. The van der Waals surface area contributed by atoms with Crippen molar-refractivity contribution in [3.8, 4) is 11.5 Å². The highest BCUT2D eigenvalue weighted by atomic mass is 79.9. The minimum Gasteiger partial charge on any atom is -0.493 e. The van der Waals surface area contributed by atoms with Crippen LogP contribution in [0.15, 0.2) is 16.6 Å². The summed E-state index contributed by atoms with van der Waals surface area (Å²) in [6.45, 7) is 0. The van der Waals surface area contributed by atoms with Crippen LogP contribution in [0.1, 0.15) is 0 Å². The summed E-state index contributed by atoms with van der Waals surface area (Å²) in [5.41, 5.74) is 0. The summed E-state index contributed by atoms with van der Waals surface area (Å²) in [5, 5.41) is 0. The van der Waals surface area contributed by atoms with Crippen LogP contribution in [0, 0.1) is 6.07 Å². The van der Waals surface area contributed by atoms with Crippen molar-refractivity contribution in [1.29, 1.82) is 0 Å². The predicted octanol–water partition coefficient (Wildman–Crippen LogP) is 2.27. The van der Waals surface area contributed by atoms with Gasteiger partial charge in [-0.05, 0) is 34.1 Å². The zero-order valence-corrected chi connectivity index (χ0v) is 7.94. The largest absolute Gasteiger partial charge is 0.493 e. The van der Waals surface area contributed by atoms with Gasteiger partial charge < -0.3 is 9.47 Å². The number of ether oxygens (including phenoxy) is 2. The number of rotatable bonds is 2. The van der Waals surface area contributed by atoms with Crippen LogP contribution >= 0.6 is 15.9 Å². The van der Waals surface area contributed by atoms with E-state index < -0.39 is 0 Å². The van der Waals surface area contributed by atoms with Gasteiger partial charge in [-0.25, -0.2) is 0 Å². The van der Waals surface area contributed by atoms with Gasteiger partial charge in [-0.2, -0.15) is 0 Å². The monoisotopic (exact) mass is 215 g/mol. The van der Waals surface area contributed by atoms with Crippen LogP contribution in [-0.4, -0.2) is 14.2 Å². The second kappa shape index (κ2) is 3.62. The van der Waals surface area contributed by atoms with E-state index in [-0.39, 0.29) is 0 Å². The van der Waals surface area contributed by atoms with Crippen molar-refractivity contribution in [2.45, 2.75) is 0 Å². The van der Waals surface area contributed by atoms with Crippen molar-refractivity contribution < 1.29 is 9.47 Å². The Morgan fingerprint density at radius 3 is 2.45 bits per heavy atom. The molecule has 0 spiro atoms. The summed E-state index contributed by atoms with van der Waals surface area (Å²) >= 11 is 3.31. The fraction of sp³-hybridized carbons (Fsp3) is 0.250. The first kappa shape index (κ1) is 8.40. The van der Waals surface area contributed by atoms with Crippen LogP contribution in [0.2, 0.25) is 0 Å². The first-order valence-electron chi connectivity index (χ1n) is 3.07. The lowest BCUT2D eigenvalue weighted by Gasteiger charge is -2.07. The highest BCUT2D eigenvalue weighted by Gasteiger charge is 2.05. The highest BCUT2D eigenvalue weighted by Crippen LogP contribution is 2.33. The normalized spacial score (nSPS) is 9.36. The zero-order valence-electron chi connectivity index (χ0n) is 6.35. The lowest BCUT2D eigenvalue weighted by molar-refractivity contribution is 0.353. The fourth-order valence-corrected chi connectivity index (χ4v) is 1.28. The quantitative estimate of drug-likeness (QED) is 0.754. The third-order valence-electron chi connectivity index (χ3n) is 1.29. The fourth-order valence-electron chi connectivity index (χ4n) is 0.789. The first-order valence-corrected chi connectivity index (χ1v) is 3.86. The second-order valence-electron chi connectivity index (χ2n) is 1.90. The molecule has 0 unspecified atom stereocenters. The number of halogens is 1. The summed E-state index contributed by atoms with van der Waals surface area (Å²) in [4.78, 5) is 0. The van der Waals surface area contributed by atoms with Crippen LogP contribution in [0.4, 0.5) is 0 Å². The van der Waals surface area contributed by atoms with E-state index in [1.807, 2.05) is 0 Å². The maximum absolute atomic E-state index is 5.08. The van der Waals surface area contributed by atoms with E-state index >= 15 is 0 Å². The molecule has 1 radical (unpaired) electrons. The lowest BCUT2D eigenvalue weighted by Crippen LogP contribution is -1.90. The highest BCUT2D eigenvalue weighted by molar-refractivity contribution is 9.10. The van der Waals surface area contributed by atoms with Gasteiger partial charge in [0.1, 0.15) is 0 Å². The summed E-state index contributed by atoms with van der Waals surface area (Å²) in [7, 11) is 3.20. The summed E-state index contributed by atoms with van der Waals surface area (Å²) in [5.74, 6) is 1.38. The molecule has 0 aliphatic carbocycles. The van der Waals surface area contributed by atoms with Gasteiger partial charge in [-0.15, -0.1) is 0 Å². The smallest absolute Gasteiger partial charge is 0.174 e. The summed E-state index contributed by atoms with van der Waals surface area (Å²) in [6, 6.07) is 6.41. The Balaban J connectivity index is 3.13. The maximum atomic E-state index is 5.08. The van der Waals surface area contributed by atoms with E-state index in [0.717, 1.165) is 4.47 Å². The SMILES string of the molecule is COc1c[c]cc(Br)c1OC. The van der Waals surface area contributed by atoms with Crippen LogP contribution in [0.3, 0.4) is 0 Å². The summed E-state index contributed by atoms with van der Waals surface area (Å²) < 4.78 is 11.0. The van der Waals surface area contributed by atoms with E-state index in [1.54, 1.807) is 26.4 Å². The van der Waals surface area contributed by atoms with Crippen LogP contribution in [0.5, 0.6) is 11.5 Å². The maximum Gasteiger partial charge on any atom is 0.174 e. The van der Waals surface area contributed by atoms with E-state index in [9.17, 15) is 0 Å². The molecular weight excluding hydrogens is 208 g/mol. The van der Waals surface area contributed by atoms with Crippen LogP contribution in [-0.2, 0) is 0 Å². The van der Waals surface area contributed by atoms with Gasteiger partial charge in [0.05, 0.1) is 18.7 Å².